The van der Waals surface area contributed by atoms with E-state index in [2.05, 4.69) is 313 Å². The Hall–Kier alpha value is -10.4. The number of rotatable bonds is 8. The van der Waals surface area contributed by atoms with E-state index in [9.17, 15) is 0 Å². The van der Waals surface area contributed by atoms with E-state index >= 15 is 0 Å². The van der Waals surface area contributed by atoms with Crippen LogP contribution in [0.1, 0.15) is 44.5 Å². The van der Waals surface area contributed by atoms with E-state index in [1.165, 1.54) is 87.2 Å². The summed E-state index contributed by atoms with van der Waals surface area (Å²) >= 11 is 1.91. The molecule has 13 aromatic carbocycles. The molecule has 0 N–H and O–H groups in total. The van der Waals surface area contributed by atoms with Crippen molar-refractivity contribution in [1.29, 1.82) is 0 Å². The summed E-state index contributed by atoms with van der Waals surface area (Å²) in [6, 6.07) is 112. The summed E-state index contributed by atoms with van der Waals surface area (Å²) in [4.78, 5) is 5.00. The average Bonchev–Trinajstić information content (AvgIpc) is 1.54. The van der Waals surface area contributed by atoms with Crippen molar-refractivity contribution >= 4 is 50.6 Å². The van der Waals surface area contributed by atoms with Gasteiger partial charge in [0.25, 0.3) is 0 Å². The van der Waals surface area contributed by atoms with Crippen LogP contribution in [0.5, 0.6) is 11.5 Å². The van der Waals surface area contributed by atoms with E-state index < -0.39 is 10.8 Å². The number of ether oxygens (including phenoxy) is 1. The zero-order valence-corrected chi connectivity index (χ0v) is 46.4. The molecule has 14 aromatic rings. The van der Waals surface area contributed by atoms with Gasteiger partial charge < -0.3 is 14.2 Å². The molecule has 4 heteroatoms. The maximum Gasteiger partial charge on any atom is 0.134 e. The Balaban J connectivity index is 0.843. The van der Waals surface area contributed by atoms with Crippen LogP contribution in [0, 0.1) is 0 Å². The SMILES string of the molecule is c1ccc(-c2ccccc2N(c2ccccc2)c2cc3c4c(c2)-c2cc(-c5ccc6c(c5)c5ccccc5n6-c5cc6c7c(c5)-c5ccccc5C7(c5ccccc5)c5ccccc5S6)ccc2C4(c2ccccc2)c2ccccc2O3)cc1. The number of para-hydroxylation sites is 4. The monoisotopic (exact) mass is 1090 g/mol. The van der Waals surface area contributed by atoms with Crippen molar-refractivity contribution in [3.8, 4) is 61.7 Å². The van der Waals surface area contributed by atoms with E-state index in [1.807, 2.05) is 11.8 Å². The molecule has 3 nitrogen and oxygen atoms in total. The second kappa shape index (κ2) is 18.1. The third kappa shape index (κ3) is 6.49. The highest BCUT2D eigenvalue weighted by Gasteiger charge is 2.53. The lowest BCUT2D eigenvalue weighted by Crippen LogP contribution is -2.32. The summed E-state index contributed by atoms with van der Waals surface area (Å²) in [5.74, 6) is 1.72. The van der Waals surface area contributed by atoms with Gasteiger partial charge in [-0.05, 0) is 145 Å². The maximum absolute atomic E-state index is 7.24. The number of fused-ring (bicyclic) bond motifs is 13. The first-order chi connectivity index (χ1) is 41.7. The number of benzene rings is 13. The predicted molar refractivity (Wildman–Crippen MR) is 345 cm³/mol. The van der Waals surface area contributed by atoms with Crippen molar-refractivity contribution < 1.29 is 4.74 Å². The molecule has 0 saturated carbocycles. The van der Waals surface area contributed by atoms with Gasteiger partial charge in [0.1, 0.15) is 11.5 Å². The van der Waals surface area contributed by atoms with Crippen LogP contribution in [0.15, 0.2) is 313 Å². The van der Waals surface area contributed by atoms with Gasteiger partial charge >= 0.3 is 0 Å². The van der Waals surface area contributed by atoms with Crippen molar-refractivity contribution in [1.82, 2.24) is 4.57 Å². The van der Waals surface area contributed by atoms with Crippen molar-refractivity contribution in [2.24, 2.45) is 0 Å². The third-order valence-corrected chi connectivity index (χ3v) is 19.6. The molecule has 2 aliphatic heterocycles. The molecule has 1 aromatic heterocycles. The van der Waals surface area contributed by atoms with Crippen LogP contribution in [0.4, 0.5) is 17.1 Å². The Morgan fingerprint density at radius 1 is 0.321 bits per heavy atom. The van der Waals surface area contributed by atoms with Crippen LogP contribution < -0.4 is 9.64 Å². The lowest BCUT2D eigenvalue weighted by Gasteiger charge is -2.39. The van der Waals surface area contributed by atoms with Gasteiger partial charge in [-0.25, -0.2) is 0 Å². The molecule has 2 atom stereocenters. The van der Waals surface area contributed by atoms with Crippen LogP contribution in [-0.4, -0.2) is 4.57 Å². The van der Waals surface area contributed by atoms with E-state index in [4.69, 9.17) is 4.74 Å². The highest BCUT2D eigenvalue weighted by Crippen LogP contribution is 2.66. The molecule has 0 spiro atoms. The predicted octanol–water partition coefficient (Wildman–Crippen LogP) is 20.9. The number of anilines is 3. The van der Waals surface area contributed by atoms with Crippen LogP contribution in [-0.2, 0) is 10.8 Å². The molecule has 84 heavy (non-hydrogen) atoms. The van der Waals surface area contributed by atoms with Gasteiger partial charge in [-0.2, -0.15) is 0 Å². The Kier molecular flexibility index (Phi) is 10.2. The lowest BCUT2D eigenvalue weighted by atomic mass is 9.66. The molecular formula is C80H50N2OS. The first kappa shape index (κ1) is 47.3. The molecule has 0 fully saturated rings. The fourth-order valence-corrected chi connectivity index (χ4v) is 16.4. The quantitative estimate of drug-likeness (QED) is 0.151. The normalized spacial score (nSPS) is 16.2. The topological polar surface area (TPSA) is 17.4 Å². The molecule has 4 aliphatic rings. The highest BCUT2D eigenvalue weighted by molar-refractivity contribution is 7.99. The van der Waals surface area contributed by atoms with Gasteiger partial charge in [-0.1, -0.05) is 236 Å². The molecule has 392 valence electrons. The van der Waals surface area contributed by atoms with Crippen molar-refractivity contribution in [2.75, 3.05) is 4.90 Å². The minimum absolute atomic E-state index is 0.428. The lowest BCUT2D eigenvalue weighted by molar-refractivity contribution is 0.438. The van der Waals surface area contributed by atoms with E-state index in [0.717, 1.165) is 67.6 Å². The van der Waals surface area contributed by atoms with E-state index in [-0.39, 0.29) is 0 Å². The molecule has 3 heterocycles. The molecule has 0 saturated heterocycles. The molecule has 0 amide bonds. The molecule has 0 radical (unpaired) electrons. The van der Waals surface area contributed by atoms with Crippen molar-refractivity contribution in [3.05, 3.63) is 348 Å². The van der Waals surface area contributed by atoms with Gasteiger partial charge in [0.15, 0.2) is 0 Å². The minimum atomic E-state index is -0.638. The summed E-state index contributed by atoms with van der Waals surface area (Å²) in [6.45, 7) is 0. The number of aromatic nitrogens is 1. The van der Waals surface area contributed by atoms with Gasteiger partial charge in [0.05, 0.1) is 33.2 Å². The van der Waals surface area contributed by atoms with Crippen LogP contribution in [0.3, 0.4) is 0 Å². The highest BCUT2D eigenvalue weighted by atomic mass is 32.2. The fraction of sp³-hybridized carbons (Fsp3) is 0.0250. The van der Waals surface area contributed by atoms with Gasteiger partial charge in [0.2, 0.25) is 0 Å². The van der Waals surface area contributed by atoms with Crippen molar-refractivity contribution in [2.45, 2.75) is 20.6 Å². The third-order valence-electron chi connectivity index (χ3n) is 18.5. The molecule has 2 aliphatic carbocycles. The summed E-state index contributed by atoms with van der Waals surface area (Å²) in [5, 5.41) is 2.44. The van der Waals surface area contributed by atoms with Crippen LogP contribution >= 0.6 is 11.8 Å². The first-order valence-corrected chi connectivity index (χ1v) is 29.8. The zero-order chi connectivity index (χ0) is 55.1. The van der Waals surface area contributed by atoms with Crippen LogP contribution in [0.25, 0.3) is 72.0 Å². The number of hydrogen-bond acceptors (Lipinski definition) is 3. The minimum Gasteiger partial charge on any atom is -0.457 e. The smallest absolute Gasteiger partial charge is 0.134 e. The van der Waals surface area contributed by atoms with Gasteiger partial charge in [0, 0.05) is 54.7 Å². The second-order valence-electron chi connectivity index (χ2n) is 22.6. The molecule has 18 rings (SSSR count). The van der Waals surface area contributed by atoms with Gasteiger partial charge in [-0.3, -0.25) is 0 Å². The Labute approximate surface area is 492 Å². The molecular weight excluding hydrogens is 1040 g/mol. The number of hydrogen-bond donors (Lipinski definition) is 0. The Morgan fingerprint density at radius 3 is 1.70 bits per heavy atom. The molecule has 2 unspecified atom stereocenters. The number of nitrogens with zero attached hydrogens (tertiary/aromatic N) is 2. The summed E-state index contributed by atoms with van der Waals surface area (Å²) in [5.41, 5.74) is 25.3. The summed E-state index contributed by atoms with van der Waals surface area (Å²) < 4.78 is 9.75. The Bertz CT molecular complexity index is 5030. The average molecular weight is 1090 g/mol. The van der Waals surface area contributed by atoms with E-state index in [0.29, 0.717) is 0 Å². The van der Waals surface area contributed by atoms with E-state index in [1.54, 1.807) is 0 Å². The largest absolute Gasteiger partial charge is 0.457 e. The van der Waals surface area contributed by atoms with Gasteiger partial charge in [-0.15, -0.1) is 0 Å². The fourth-order valence-electron chi connectivity index (χ4n) is 15.2. The van der Waals surface area contributed by atoms with Crippen molar-refractivity contribution in [3.63, 3.8) is 0 Å². The molecule has 0 bridgehead atoms. The standard InChI is InChI=1S/C80H50N2OS/c1-5-23-51(24-6-1)59-31-14-19-37-70(59)81(56-29-11-4-12-30-56)57-47-65-62-45-52(41-43-67(62)79(54-25-7-2-8-26-54)68-35-17-21-39-73(68)83-74(49-57)77(65)79)53-42-44-72-63(46-53)61-33-15-20-38-71(61)82(72)58-48-64-60-32-13-16-34-66(60)80(55-27-9-3-10-28-55)69-36-18-22-40-75(69)84-76(50-58)78(64)80/h1-50H. The summed E-state index contributed by atoms with van der Waals surface area (Å²) in [6.07, 6.45) is 0. The Morgan fingerprint density at radius 2 is 0.905 bits per heavy atom. The second-order valence-corrected chi connectivity index (χ2v) is 23.7. The summed E-state index contributed by atoms with van der Waals surface area (Å²) in [7, 11) is 0. The first-order valence-electron chi connectivity index (χ1n) is 29.0. The van der Waals surface area contributed by atoms with Crippen LogP contribution in [0.2, 0.25) is 0 Å². The maximum atomic E-state index is 7.24. The zero-order valence-electron chi connectivity index (χ0n) is 45.6.